The van der Waals surface area contributed by atoms with Gasteiger partial charge in [-0.2, -0.15) is 22.6 Å². The lowest BCUT2D eigenvalue weighted by Gasteiger charge is -2.28. The van der Waals surface area contributed by atoms with E-state index < -0.39 is 38.9 Å². The van der Waals surface area contributed by atoms with E-state index in [2.05, 4.69) is 20.4 Å². The van der Waals surface area contributed by atoms with E-state index in [1.165, 1.54) is 29.0 Å². The lowest BCUT2D eigenvalue weighted by Crippen LogP contribution is -2.38. The normalized spacial score (nSPS) is 15.9. The van der Waals surface area contributed by atoms with Crippen LogP contribution in [-0.2, 0) is 27.5 Å². The number of benzene rings is 1. The first-order valence-electron chi connectivity index (χ1n) is 11.9. The number of nitrogens with one attached hydrogen (secondary N) is 1. The van der Waals surface area contributed by atoms with Gasteiger partial charge in [0.05, 0.1) is 34.6 Å². The smallest absolute Gasteiger partial charge is 0.389 e. The molecule has 0 saturated carbocycles. The SMILES string of the molecule is CC(C)(O)Cn1cc(-c2nc(Nc3ccc(S(=O)(=O)N4CCC(C=O)CC4)cc3F)ncc2C(F)(F)F)cn1. The van der Waals surface area contributed by atoms with Crippen LogP contribution in [0.15, 0.2) is 41.7 Å². The predicted octanol–water partition coefficient (Wildman–Crippen LogP) is 3.61. The average Bonchev–Trinajstić information content (AvgIpc) is 3.31. The summed E-state index contributed by atoms with van der Waals surface area (Å²) < 4.78 is 84.3. The van der Waals surface area contributed by atoms with Gasteiger partial charge in [-0.15, -0.1) is 0 Å². The third-order valence-corrected chi connectivity index (χ3v) is 7.96. The lowest BCUT2D eigenvalue weighted by molar-refractivity contribution is -0.137. The van der Waals surface area contributed by atoms with Crippen LogP contribution in [0.25, 0.3) is 11.3 Å². The molecule has 1 aromatic carbocycles. The number of piperidine rings is 1. The number of aliphatic hydroxyl groups is 1. The molecule has 2 N–H and O–H groups in total. The van der Waals surface area contributed by atoms with Gasteiger partial charge >= 0.3 is 6.18 Å². The van der Waals surface area contributed by atoms with E-state index in [0.29, 0.717) is 19.0 Å². The molecular weight excluding hydrogens is 544 g/mol. The first kappa shape index (κ1) is 28.6. The van der Waals surface area contributed by atoms with Gasteiger partial charge in [0, 0.05) is 37.0 Å². The number of hydrogen-bond acceptors (Lipinski definition) is 8. The Bertz CT molecular complexity index is 1460. The first-order chi connectivity index (χ1) is 18.2. The molecule has 0 atom stereocenters. The fraction of sp³-hybridized carbons (Fsp3) is 0.417. The van der Waals surface area contributed by atoms with E-state index in [0.717, 1.165) is 30.7 Å². The predicted molar refractivity (Wildman–Crippen MR) is 132 cm³/mol. The zero-order chi connectivity index (χ0) is 28.6. The van der Waals surface area contributed by atoms with E-state index in [9.17, 15) is 35.9 Å². The van der Waals surface area contributed by atoms with Crippen molar-refractivity contribution in [1.29, 1.82) is 0 Å². The molecule has 15 heteroatoms. The summed E-state index contributed by atoms with van der Waals surface area (Å²) in [7, 11) is -4.02. The third kappa shape index (κ3) is 6.59. The Balaban J connectivity index is 1.60. The molecule has 10 nitrogen and oxygen atoms in total. The monoisotopic (exact) mass is 570 g/mol. The quantitative estimate of drug-likeness (QED) is 0.310. The molecule has 1 aliphatic heterocycles. The van der Waals surface area contributed by atoms with Crippen molar-refractivity contribution >= 4 is 27.9 Å². The molecule has 0 aliphatic carbocycles. The van der Waals surface area contributed by atoms with Gasteiger partial charge in [-0.05, 0) is 44.9 Å². The minimum atomic E-state index is -4.80. The van der Waals surface area contributed by atoms with Gasteiger partial charge in [-0.1, -0.05) is 0 Å². The highest BCUT2D eigenvalue weighted by Gasteiger charge is 2.36. The first-order valence-corrected chi connectivity index (χ1v) is 13.3. The number of sulfonamides is 1. The molecule has 0 bridgehead atoms. The number of alkyl halides is 3. The van der Waals surface area contributed by atoms with Crippen molar-refractivity contribution in [3.05, 3.63) is 48.2 Å². The van der Waals surface area contributed by atoms with Crippen LogP contribution in [0.2, 0.25) is 0 Å². The summed E-state index contributed by atoms with van der Waals surface area (Å²) in [6.07, 6.45) is -0.265. The summed E-state index contributed by atoms with van der Waals surface area (Å²) in [5, 5.41) is 16.4. The molecule has 3 heterocycles. The van der Waals surface area contributed by atoms with Crippen LogP contribution in [0.1, 0.15) is 32.3 Å². The molecule has 39 heavy (non-hydrogen) atoms. The maximum Gasteiger partial charge on any atom is 0.419 e. The number of aldehydes is 1. The van der Waals surface area contributed by atoms with Gasteiger partial charge < -0.3 is 15.2 Å². The number of anilines is 2. The number of carbonyl (C=O) groups is 1. The van der Waals surface area contributed by atoms with E-state index in [1.54, 1.807) is 0 Å². The van der Waals surface area contributed by atoms with Crippen molar-refractivity contribution < 1.29 is 35.9 Å². The summed E-state index contributed by atoms with van der Waals surface area (Å²) >= 11 is 0. The van der Waals surface area contributed by atoms with Crippen LogP contribution in [0.5, 0.6) is 0 Å². The van der Waals surface area contributed by atoms with E-state index in [1.807, 2.05) is 0 Å². The van der Waals surface area contributed by atoms with Crippen LogP contribution in [0, 0.1) is 11.7 Å². The largest absolute Gasteiger partial charge is 0.419 e. The highest BCUT2D eigenvalue weighted by Crippen LogP contribution is 2.36. The Morgan fingerprint density at radius 1 is 1.18 bits per heavy atom. The Labute approximate surface area is 221 Å². The molecule has 2 aromatic heterocycles. The van der Waals surface area contributed by atoms with Crippen LogP contribution in [0.4, 0.5) is 29.2 Å². The summed E-state index contributed by atoms with van der Waals surface area (Å²) in [4.78, 5) is 18.2. The van der Waals surface area contributed by atoms with Crippen molar-refractivity contribution in [2.45, 2.75) is 49.9 Å². The standard InChI is InChI=1S/C24H26F4N6O4S/c1-23(2,36)14-33-12-16(10-30-33)21-18(24(26,27)28)11-29-22(32-21)31-20-4-3-17(9-19(20)25)39(37,38)34-7-5-15(13-35)6-8-34/h3-4,9-13,15,36H,5-8,14H2,1-2H3,(H,29,31,32). The lowest BCUT2D eigenvalue weighted by atomic mass is 10.0. The summed E-state index contributed by atoms with van der Waals surface area (Å²) in [5.74, 6) is -1.56. The van der Waals surface area contributed by atoms with Gasteiger partial charge in [0.2, 0.25) is 16.0 Å². The van der Waals surface area contributed by atoms with Crippen LogP contribution in [-0.4, -0.2) is 62.6 Å². The van der Waals surface area contributed by atoms with Gasteiger partial charge in [-0.3, -0.25) is 4.68 Å². The molecule has 1 fully saturated rings. The highest BCUT2D eigenvalue weighted by atomic mass is 32.2. The van der Waals surface area contributed by atoms with Gasteiger partial charge in [0.15, 0.2) is 0 Å². The molecule has 0 spiro atoms. The fourth-order valence-corrected chi connectivity index (χ4v) is 5.60. The summed E-state index contributed by atoms with van der Waals surface area (Å²) in [6.45, 7) is 3.30. The third-order valence-electron chi connectivity index (χ3n) is 6.07. The molecule has 1 saturated heterocycles. The molecular formula is C24H26F4N6O4S. The second-order valence-electron chi connectivity index (χ2n) is 9.84. The Hall–Kier alpha value is -3.43. The maximum absolute atomic E-state index is 14.9. The van der Waals surface area contributed by atoms with Gasteiger partial charge in [0.1, 0.15) is 17.7 Å². The number of halogens is 4. The average molecular weight is 571 g/mol. The summed E-state index contributed by atoms with van der Waals surface area (Å²) in [6, 6.07) is 3.09. The van der Waals surface area contributed by atoms with E-state index in [4.69, 9.17) is 0 Å². The molecule has 3 aromatic rings. The molecule has 0 radical (unpaired) electrons. The summed E-state index contributed by atoms with van der Waals surface area (Å²) in [5.41, 5.74) is -3.08. The maximum atomic E-state index is 14.9. The number of nitrogens with zero attached hydrogens (tertiary/aromatic N) is 5. The topological polar surface area (TPSA) is 130 Å². The van der Waals surface area contributed by atoms with Crippen molar-refractivity contribution in [3.8, 4) is 11.3 Å². The molecule has 1 aliphatic rings. The highest BCUT2D eigenvalue weighted by molar-refractivity contribution is 7.89. The molecule has 0 unspecified atom stereocenters. The minimum Gasteiger partial charge on any atom is -0.389 e. The van der Waals surface area contributed by atoms with Crippen molar-refractivity contribution in [2.75, 3.05) is 18.4 Å². The van der Waals surface area contributed by atoms with Crippen LogP contribution >= 0.6 is 0 Å². The number of rotatable bonds is 8. The number of carbonyl (C=O) groups excluding carboxylic acids is 1. The van der Waals surface area contributed by atoms with Gasteiger partial charge in [0.25, 0.3) is 0 Å². The second kappa shape index (κ2) is 10.6. The van der Waals surface area contributed by atoms with Crippen molar-refractivity contribution in [1.82, 2.24) is 24.1 Å². The van der Waals surface area contributed by atoms with Gasteiger partial charge in [-0.25, -0.2) is 22.8 Å². The van der Waals surface area contributed by atoms with E-state index >= 15 is 0 Å². The van der Waals surface area contributed by atoms with Crippen molar-refractivity contribution in [3.63, 3.8) is 0 Å². The van der Waals surface area contributed by atoms with Crippen LogP contribution in [0.3, 0.4) is 0 Å². The Morgan fingerprint density at radius 2 is 1.87 bits per heavy atom. The Morgan fingerprint density at radius 3 is 2.46 bits per heavy atom. The molecule has 4 rings (SSSR count). The molecule has 210 valence electrons. The van der Waals surface area contributed by atoms with Crippen molar-refractivity contribution in [2.24, 2.45) is 5.92 Å². The zero-order valence-corrected chi connectivity index (χ0v) is 21.8. The number of aromatic nitrogens is 4. The Kier molecular flexibility index (Phi) is 7.78. The minimum absolute atomic E-state index is 0.00251. The molecule has 0 amide bonds. The zero-order valence-electron chi connectivity index (χ0n) is 21.0. The second-order valence-corrected chi connectivity index (χ2v) is 11.8. The van der Waals surface area contributed by atoms with Crippen LogP contribution < -0.4 is 5.32 Å². The number of hydrogen-bond donors (Lipinski definition) is 2. The fourth-order valence-electron chi connectivity index (χ4n) is 4.12. The van der Waals surface area contributed by atoms with E-state index in [-0.39, 0.29) is 47.6 Å².